The third-order valence-corrected chi connectivity index (χ3v) is 4.77. The first kappa shape index (κ1) is 24.7. The summed E-state index contributed by atoms with van der Waals surface area (Å²) >= 11 is 0. The average Bonchev–Trinajstić information content (AvgIpc) is 2.77. The van der Waals surface area contributed by atoms with Gasteiger partial charge in [-0.25, -0.2) is 0 Å². The molecule has 0 radical (unpaired) electrons. The number of carboxylic acid groups (broad SMARTS) is 1. The van der Waals surface area contributed by atoms with Crippen LogP contribution < -0.4 is 25.8 Å². The number of nitrogens with two attached hydrogens (primary N) is 1. The number of carboxylic acids is 1. The number of hydrogen-bond acceptors (Lipinski definition) is 7. The number of hydrogen-bond donors (Lipinski definition) is 4. The van der Waals surface area contributed by atoms with Crippen LogP contribution in [0.25, 0.3) is 0 Å². The molecule has 1 amide bonds. The summed E-state index contributed by atoms with van der Waals surface area (Å²) < 4.78 is 10.6. The van der Waals surface area contributed by atoms with Gasteiger partial charge in [0, 0.05) is 18.7 Å². The fourth-order valence-corrected chi connectivity index (χ4v) is 2.83. The van der Waals surface area contributed by atoms with E-state index in [1.54, 1.807) is 31.4 Å². The SMILES string of the molecule is COc1ccc(CCNC(=O)C(N)(Nc2ccc(OCCCC(=O)O)cc2)C(C)=O)cc1. The van der Waals surface area contributed by atoms with Gasteiger partial charge >= 0.3 is 5.97 Å². The molecule has 2 rings (SSSR count). The Morgan fingerprint density at radius 1 is 1.03 bits per heavy atom. The van der Waals surface area contributed by atoms with E-state index in [2.05, 4.69) is 10.6 Å². The number of ether oxygens (including phenoxy) is 2. The van der Waals surface area contributed by atoms with Crippen LogP contribution in [0.5, 0.6) is 11.5 Å². The highest BCUT2D eigenvalue weighted by Gasteiger charge is 2.39. The van der Waals surface area contributed by atoms with Crippen LogP contribution in [-0.2, 0) is 20.8 Å². The van der Waals surface area contributed by atoms with Gasteiger partial charge in [-0.3, -0.25) is 20.1 Å². The van der Waals surface area contributed by atoms with Crippen molar-refractivity contribution >= 4 is 23.3 Å². The summed E-state index contributed by atoms with van der Waals surface area (Å²) in [5.41, 5.74) is 5.66. The van der Waals surface area contributed by atoms with Crippen molar-refractivity contribution in [2.45, 2.75) is 31.8 Å². The van der Waals surface area contributed by atoms with Crippen LogP contribution in [0.1, 0.15) is 25.3 Å². The van der Waals surface area contributed by atoms with Crippen LogP contribution in [0.3, 0.4) is 0 Å². The van der Waals surface area contributed by atoms with Gasteiger partial charge < -0.3 is 25.2 Å². The number of anilines is 1. The Hall–Kier alpha value is -3.59. The van der Waals surface area contributed by atoms with Gasteiger partial charge in [-0.15, -0.1) is 0 Å². The maximum atomic E-state index is 12.7. The van der Waals surface area contributed by atoms with Crippen LogP contribution in [0, 0.1) is 0 Å². The van der Waals surface area contributed by atoms with E-state index in [0.29, 0.717) is 30.8 Å². The molecule has 1 unspecified atom stereocenters. The Balaban J connectivity index is 1.91. The molecule has 0 heterocycles. The number of carbonyl (C=O) groups excluding carboxylic acids is 2. The van der Waals surface area contributed by atoms with E-state index >= 15 is 0 Å². The lowest BCUT2D eigenvalue weighted by Gasteiger charge is -2.27. The maximum Gasteiger partial charge on any atom is 0.303 e. The van der Waals surface area contributed by atoms with Gasteiger partial charge in [0.15, 0.2) is 5.78 Å². The number of ketones is 1. The van der Waals surface area contributed by atoms with Crippen LogP contribution >= 0.6 is 0 Å². The van der Waals surface area contributed by atoms with E-state index in [9.17, 15) is 14.4 Å². The normalized spacial score (nSPS) is 12.3. The largest absolute Gasteiger partial charge is 0.497 e. The van der Waals surface area contributed by atoms with E-state index in [-0.39, 0.29) is 13.0 Å². The van der Waals surface area contributed by atoms with Crippen molar-refractivity contribution in [2.24, 2.45) is 5.73 Å². The van der Waals surface area contributed by atoms with Crippen LogP contribution in [0.2, 0.25) is 0 Å². The zero-order chi connectivity index (χ0) is 23.6. The molecule has 5 N–H and O–H groups in total. The molecule has 172 valence electrons. The van der Waals surface area contributed by atoms with E-state index in [4.69, 9.17) is 20.3 Å². The zero-order valence-corrected chi connectivity index (χ0v) is 18.2. The second kappa shape index (κ2) is 11.7. The van der Waals surface area contributed by atoms with Crippen molar-refractivity contribution in [1.29, 1.82) is 0 Å². The van der Waals surface area contributed by atoms with Crippen molar-refractivity contribution in [1.82, 2.24) is 5.32 Å². The molecular formula is C23H29N3O6. The van der Waals surface area contributed by atoms with Gasteiger partial charge in [0.05, 0.1) is 13.7 Å². The average molecular weight is 444 g/mol. The van der Waals surface area contributed by atoms with Crippen LogP contribution in [-0.4, -0.2) is 48.7 Å². The highest BCUT2D eigenvalue weighted by Crippen LogP contribution is 2.19. The molecule has 0 aliphatic rings. The zero-order valence-electron chi connectivity index (χ0n) is 18.2. The molecule has 0 saturated carbocycles. The summed E-state index contributed by atoms with van der Waals surface area (Å²) in [5.74, 6) is -0.758. The molecule has 1 atom stereocenters. The number of aliphatic carboxylic acids is 1. The standard InChI is InChI=1S/C23H29N3O6/c1-16(27)23(24,22(30)25-14-13-17-5-9-19(31-2)10-6-17)26-18-7-11-20(12-8-18)32-15-3-4-21(28)29/h5-12,26H,3-4,13-15,24H2,1-2H3,(H,25,30)(H,28,29). The predicted molar refractivity (Wildman–Crippen MR) is 120 cm³/mol. The number of amides is 1. The highest BCUT2D eigenvalue weighted by atomic mass is 16.5. The Labute approximate surface area is 186 Å². The summed E-state index contributed by atoms with van der Waals surface area (Å²) in [4.78, 5) is 35.4. The molecule has 0 aliphatic carbocycles. The quantitative estimate of drug-likeness (QED) is 0.209. The molecule has 32 heavy (non-hydrogen) atoms. The van der Waals surface area contributed by atoms with E-state index < -0.39 is 23.3 Å². The summed E-state index contributed by atoms with van der Waals surface area (Å²) in [7, 11) is 1.59. The van der Waals surface area contributed by atoms with Gasteiger partial charge in [-0.2, -0.15) is 0 Å². The van der Waals surface area contributed by atoms with E-state index in [0.717, 1.165) is 11.3 Å². The molecule has 9 heteroatoms. The Morgan fingerprint density at radius 3 is 2.22 bits per heavy atom. The number of nitrogens with one attached hydrogen (secondary N) is 2. The first-order chi connectivity index (χ1) is 15.2. The third-order valence-electron chi connectivity index (χ3n) is 4.77. The Kier molecular flexibility index (Phi) is 9.03. The van der Waals surface area contributed by atoms with Crippen LogP contribution in [0.4, 0.5) is 5.69 Å². The van der Waals surface area contributed by atoms with Gasteiger partial charge in [-0.1, -0.05) is 12.1 Å². The number of carbonyl (C=O) groups is 3. The monoisotopic (exact) mass is 443 g/mol. The van der Waals surface area contributed by atoms with Gasteiger partial charge in [0.25, 0.3) is 5.91 Å². The minimum absolute atomic E-state index is 0.0293. The number of methoxy groups -OCH3 is 1. The van der Waals surface area contributed by atoms with E-state index in [1.807, 2.05) is 24.3 Å². The lowest BCUT2D eigenvalue weighted by molar-refractivity contribution is -0.137. The van der Waals surface area contributed by atoms with Gasteiger partial charge in [0.2, 0.25) is 5.66 Å². The van der Waals surface area contributed by atoms with E-state index in [1.165, 1.54) is 6.92 Å². The van der Waals surface area contributed by atoms with Crippen molar-refractivity contribution in [3.8, 4) is 11.5 Å². The number of Topliss-reactive ketones (excluding diaryl/α,β-unsaturated/α-hetero) is 1. The highest BCUT2D eigenvalue weighted by molar-refractivity contribution is 6.11. The second-order valence-electron chi connectivity index (χ2n) is 7.21. The Bertz CT molecular complexity index is 914. The van der Waals surface area contributed by atoms with Crippen molar-refractivity contribution in [2.75, 3.05) is 25.6 Å². The summed E-state index contributed by atoms with van der Waals surface area (Å²) in [6.45, 7) is 1.82. The molecule has 0 aromatic heterocycles. The fraction of sp³-hybridized carbons (Fsp3) is 0.348. The van der Waals surface area contributed by atoms with Crippen molar-refractivity contribution < 1.29 is 29.0 Å². The lowest BCUT2D eigenvalue weighted by atomic mass is 10.0. The smallest absolute Gasteiger partial charge is 0.303 e. The first-order valence-electron chi connectivity index (χ1n) is 10.2. The topological polar surface area (TPSA) is 140 Å². The van der Waals surface area contributed by atoms with Crippen molar-refractivity contribution in [3.63, 3.8) is 0 Å². The summed E-state index contributed by atoms with van der Waals surface area (Å²) in [6.07, 6.45) is 0.988. The summed E-state index contributed by atoms with van der Waals surface area (Å²) in [5, 5.41) is 14.1. The molecule has 0 spiro atoms. The predicted octanol–water partition coefficient (Wildman–Crippen LogP) is 1.95. The molecule has 9 nitrogen and oxygen atoms in total. The molecule has 0 saturated heterocycles. The number of benzene rings is 2. The van der Waals surface area contributed by atoms with Crippen molar-refractivity contribution in [3.05, 3.63) is 54.1 Å². The first-order valence-corrected chi connectivity index (χ1v) is 10.2. The maximum absolute atomic E-state index is 12.7. The lowest BCUT2D eigenvalue weighted by Crippen LogP contribution is -2.64. The number of rotatable bonds is 13. The molecule has 2 aromatic rings. The fourth-order valence-electron chi connectivity index (χ4n) is 2.83. The van der Waals surface area contributed by atoms with Crippen LogP contribution in [0.15, 0.2) is 48.5 Å². The second-order valence-corrected chi connectivity index (χ2v) is 7.21. The third kappa shape index (κ3) is 7.28. The van der Waals surface area contributed by atoms with Gasteiger partial charge in [0.1, 0.15) is 11.5 Å². The molecule has 0 bridgehead atoms. The molecule has 0 aliphatic heterocycles. The Morgan fingerprint density at radius 2 is 1.66 bits per heavy atom. The molecular weight excluding hydrogens is 414 g/mol. The molecule has 0 fully saturated rings. The van der Waals surface area contributed by atoms with Gasteiger partial charge in [-0.05, 0) is 61.7 Å². The minimum Gasteiger partial charge on any atom is -0.497 e. The molecule has 2 aromatic carbocycles. The summed E-state index contributed by atoms with van der Waals surface area (Å²) in [6, 6.07) is 14.0. The minimum atomic E-state index is -1.93.